The monoisotopic (exact) mass is 260 g/mol. The molecule has 94 valence electrons. The summed E-state index contributed by atoms with van der Waals surface area (Å²) in [5.41, 5.74) is 7.78. The molecular weight excluding hydrogens is 244 g/mol. The van der Waals surface area contributed by atoms with Gasteiger partial charge in [-0.15, -0.1) is 11.8 Å². The minimum absolute atomic E-state index is 0.311. The zero-order valence-electron chi connectivity index (χ0n) is 10.3. The SMILES string of the molecule is CC1OCCC1Sc1ccc(N)c2cccnc12. The van der Waals surface area contributed by atoms with Crippen LogP contribution in [-0.2, 0) is 4.74 Å². The molecule has 18 heavy (non-hydrogen) atoms. The number of pyridine rings is 1. The van der Waals surface area contributed by atoms with E-state index in [9.17, 15) is 0 Å². The molecule has 4 heteroatoms. The zero-order chi connectivity index (χ0) is 12.5. The van der Waals surface area contributed by atoms with Crippen molar-refractivity contribution in [2.75, 3.05) is 12.3 Å². The molecule has 0 aliphatic carbocycles. The quantitative estimate of drug-likeness (QED) is 0.843. The third kappa shape index (κ3) is 2.06. The van der Waals surface area contributed by atoms with Crippen LogP contribution in [-0.4, -0.2) is 22.9 Å². The van der Waals surface area contributed by atoms with E-state index in [1.807, 2.05) is 36.2 Å². The first-order chi connectivity index (χ1) is 8.75. The van der Waals surface area contributed by atoms with Crippen LogP contribution in [0.4, 0.5) is 5.69 Å². The Bertz CT molecular complexity index is 573. The smallest absolute Gasteiger partial charge is 0.0858 e. The van der Waals surface area contributed by atoms with Crippen LogP contribution < -0.4 is 5.73 Å². The second kappa shape index (κ2) is 4.78. The maximum absolute atomic E-state index is 5.99. The van der Waals surface area contributed by atoms with Gasteiger partial charge in [0.1, 0.15) is 0 Å². The van der Waals surface area contributed by atoms with Crippen molar-refractivity contribution >= 4 is 28.4 Å². The third-order valence-corrected chi connectivity index (χ3v) is 4.86. The fourth-order valence-corrected chi connectivity index (χ4v) is 3.53. The average molecular weight is 260 g/mol. The predicted octanol–water partition coefficient (Wildman–Crippen LogP) is 3.09. The molecule has 2 atom stereocenters. The number of fused-ring (bicyclic) bond motifs is 1. The number of ether oxygens (including phenoxy) is 1. The molecule has 3 rings (SSSR count). The Balaban J connectivity index is 1.99. The van der Waals surface area contributed by atoms with Gasteiger partial charge in [-0.2, -0.15) is 0 Å². The van der Waals surface area contributed by atoms with Crippen molar-refractivity contribution in [3.8, 4) is 0 Å². The molecule has 3 nitrogen and oxygen atoms in total. The summed E-state index contributed by atoms with van der Waals surface area (Å²) >= 11 is 1.85. The van der Waals surface area contributed by atoms with Crippen LogP contribution >= 0.6 is 11.8 Å². The highest BCUT2D eigenvalue weighted by atomic mass is 32.2. The molecule has 1 aromatic heterocycles. The van der Waals surface area contributed by atoms with E-state index in [2.05, 4.69) is 18.0 Å². The maximum Gasteiger partial charge on any atom is 0.0858 e. The maximum atomic E-state index is 5.99. The fraction of sp³-hybridized carbons (Fsp3) is 0.357. The van der Waals surface area contributed by atoms with Crippen LogP contribution in [0.5, 0.6) is 0 Å². The molecule has 0 spiro atoms. The van der Waals surface area contributed by atoms with Gasteiger partial charge < -0.3 is 10.5 Å². The second-order valence-corrected chi connectivity index (χ2v) is 5.85. The van der Waals surface area contributed by atoms with Gasteiger partial charge in [-0.3, -0.25) is 4.98 Å². The van der Waals surface area contributed by atoms with E-state index >= 15 is 0 Å². The normalized spacial score (nSPS) is 23.6. The molecule has 0 amide bonds. The van der Waals surface area contributed by atoms with E-state index in [1.54, 1.807) is 0 Å². The summed E-state index contributed by atoms with van der Waals surface area (Å²) in [5, 5.41) is 1.55. The third-order valence-electron chi connectivity index (χ3n) is 3.35. The van der Waals surface area contributed by atoms with Gasteiger partial charge in [0.05, 0.1) is 11.6 Å². The van der Waals surface area contributed by atoms with E-state index in [0.29, 0.717) is 11.4 Å². The molecule has 0 bridgehead atoms. The molecule has 2 unspecified atom stereocenters. The summed E-state index contributed by atoms with van der Waals surface area (Å²) < 4.78 is 5.61. The first-order valence-corrected chi connectivity index (χ1v) is 7.05. The largest absolute Gasteiger partial charge is 0.398 e. The highest BCUT2D eigenvalue weighted by Crippen LogP contribution is 2.37. The molecule has 1 aromatic carbocycles. The van der Waals surface area contributed by atoms with Crippen molar-refractivity contribution < 1.29 is 4.74 Å². The summed E-state index contributed by atoms with van der Waals surface area (Å²) in [6.07, 6.45) is 3.23. The number of thioether (sulfide) groups is 1. The van der Waals surface area contributed by atoms with Gasteiger partial charge in [0.15, 0.2) is 0 Å². The van der Waals surface area contributed by atoms with Gasteiger partial charge in [0, 0.05) is 34.0 Å². The minimum atomic E-state index is 0.311. The van der Waals surface area contributed by atoms with Crippen LogP contribution in [0.3, 0.4) is 0 Å². The Kier molecular flexibility index (Phi) is 3.14. The summed E-state index contributed by atoms with van der Waals surface area (Å²) in [6, 6.07) is 7.98. The highest BCUT2D eigenvalue weighted by molar-refractivity contribution is 8.00. The topological polar surface area (TPSA) is 48.1 Å². The van der Waals surface area contributed by atoms with Gasteiger partial charge >= 0.3 is 0 Å². The summed E-state index contributed by atoms with van der Waals surface area (Å²) in [4.78, 5) is 5.66. The Morgan fingerprint density at radius 1 is 1.39 bits per heavy atom. The van der Waals surface area contributed by atoms with Gasteiger partial charge in [-0.05, 0) is 37.6 Å². The molecule has 1 aliphatic heterocycles. The number of nitrogens with zero attached hydrogens (tertiary/aromatic N) is 1. The van der Waals surface area contributed by atoms with Gasteiger partial charge in [0.2, 0.25) is 0 Å². The lowest BCUT2D eigenvalue weighted by Gasteiger charge is -2.15. The number of nitrogen functional groups attached to an aromatic ring is 1. The van der Waals surface area contributed by atoms with E-state index in [-0.39, 0.29) is 0 Å². The van der Waals surface area contributed by atoms with Crippen LogP contribution in [0.2, 0.25) is 0 Å². The number of rotatable bonds is 2. The molecule has 2 N–H and O–H groups in total. The molecule has 1 saturated heterocycles. The molecule has 1 fully saturated rings. The van der Waals surface area contributed by atoms with Crippen molar-refractivity contribution in [2.24, 2.45) is 0 Å². The van der Waals surface area contributed by atoms with Gasteiger partial charge in [-0.1, -0.05) is 0 Å². The predicted molar refractivity (Wildman–Crippen MR) is 75.8 cm³/mol. The average Bonchev–Trinajstić information content (AvgIpc) is 2.79. The number of benzene rings is 1. The fourth-order valence-electron chi connectivity index (χ4n) is 2.29. The first kappa shape index (κ1) is 11.8. The lowest BCUT2D eigenvalue weighted by Crippen LogP contribution is -2.13. The van der Waals surface area contributed by atoms with Gasteiger partial charge in [0.25, 0.3) is 0 Å². The first-order valence-electron chi connectivity index (χ1n) is 6.17. The molecule has 0 radical (unpaired) electrons. The van der Waals surface area contributed by atoms with Crippen molar-refractivity contribution in [3.05, 3.63) is 30.5 Å². The number of anilines is 1. The molecule has 2 heterocycles. The number of aromatic nitrogens is 1. The van der Waals surface area contributed by atoms with Crippen LogP contribution in [0.25, 0.3) is 10.9 Å². The Morgan fingerprint density at radius 3 is 3.06 bits per heavy atom. The zero-order valence-corrected chi connectivity index (χ0v) is 11.1. The van der Waals surface area contributed by atoms with Gasteiger partial charge in [-0.25, -0.2) is 0 Å². The summed E-state index contributed by atoms with van der Waals surface area (Å²) in [6.45, 7) is 3.00. The molecule has 1 aliphatic rings. The van der Waals surface area contributed by atoms with Crippen molar-refractivity contribution in [1.82, 2.24) is 4.98 Å². The summed E-state index contributed by atoms with van der Waals surface area (Å²) in [7, 11) is 0. The second-order valence-electron chi connectivity index (χ2n) is 4.57. The number of hydrogen-bond donors (Lipinski definition) is 1. The molecular formula is C14H16N2OS. The lowest BCUT2D eigenvalue weighted by molar-refractivity contribution is 0.127. The van der Waals surface area contributed by atoms with E-state index in [0.717, 1.165) is 29.6 Å². The Hall–Kier alpha value is -1.26. The number of hydrogen-bond acceptors (Lipinski definition) is 4. The minimum Gasteiger partial charge on any atom is -0.398 e. The molecule has 2 aromatic rings. The van der Waals surface area contributed by atoms with E-state index < -0.39 is 0 Å². The van der Waals surface area contributed by atoms with E-state index in [1.165, 1.54) is 4.90 Å². The summed E-state index contributed by atoms with van der Waals surface area (Å²) in [5.74, 6) is 0. The van der Waals surface area contributed by atoms with Crippen LogP contribution in [0, 0.1) is 0 Å². The van der Waals surface area contributed by atoms with Crippen LogP contribution in [0.1, 0.15) is 13.3 Å². The van der Waals surface area contributed by atoms with E-state index in [4.69, 9.17) is 10.5 Å². The standard InChI is InChI=1S/C14H16N2OS/c1-9-12(6-8-17-9)18-13-5-4-11(15)10-3-2-7-16-14(10)13/h2-5,7,9,12H,6,8,15H2,1H3. The highest BCUT2D eigenvalue weighted by Gasteiger charge is 2.25. The van der Waals surface area contributed by atoms with Crippen molar-refractivity contribution in [2.45, 2.75) is 29.6 Å². The Labute approximate surface area is 111 Å². The van der Waals surface area contributed by atoms with Crippen molar-refractivity contribution in [3.63, 3.8) is 0 Å². The van der Waals surface area contributed by atoms with Crippen LogP contribution in [0.15, 0.2) is 35.4 Å². The molecule has 0 saturated carbocycles. The lowest BCUT2D eigenvalue weighted by atomic mass is 10.2. The van der Waals surface area contributed by atoms with Crippen molar-refractivity contribution in [1.29, 1.82) is 0 Å². The Morgan fingerprint density at radius 2 is 2.28 bits per heavy atom. The number of nitrogens with two attached hydrogens (primary N) is 1.